The zero-order valence-corrected chi connectivity index (χ0v) is 19.9. The molecule has 0 atom stereocenters. The number of benzene rings is 2. The van der Waals surface area contributed by atoms with Gasteiger partial charge in [0, 0.05) is 44.9 Å². The van der Waals surface area contributed by atoms with Gasteiger partial charge in [-0.2, -0.15) is 5.10 Å². The van der Waals surface area contributed by atoms with E-state index < -0.39 is 0 Å². The number of methoxy groups -OCH3 is 1. The molecule has 7 nitrogen and oxygen atoms in total. The Morgan fingerprint density at radius 1 is 1.12 bits per heavy atom. The van der Waals surface area contributed by atoms with E-state index in [1.807, 2.05) is 53.5 Å². The molecule has 0 aliphatic carbocycles. The summed E-state index contributed by atoms with van der Waals surface area (Å²) in [5.41, 5.74) is 5.53. The van der Waals surface area contributed by atoms with Crippen molar-refractivity contribution in [1.29, 1.82) is 0 Å². The highest BCUT2D eigenvalue weighted by molar-refractivity contribution is 5.82. The lowest BCUT2D eigenvalue weighted by Gasteiger charge is -2.32. The molecule has 1 fully saturated rings. The van der Waals surface area contributed by atoms with Gasteiger partial charge in [-0.1, -0.05) is 18.2 Å². The molecule has 1 amide bonds. The number of fused-ring (bicyclic) bond motifs is 1. The number of nitrogens with zero attached hydrogens (tertiary/aromatic N) is 5. The highest BCUT2D eigenvalue weighted by Crippen LogP contribution is 2.26. The number of rotatable bonds is 7. The first kappa shape index (κ1) is 22.2. The molecule has 0 N–H and O–H groups in total. The van der Waals surface area contributed by atoms with Crippen molar-refractivity contribution in [1.82, 2.24) is 24.2 Å². The van der Waals surface area contributed by atoms with Crippen LogP contribution in [0.1, 0.15) is 24.8 Å². The second-order valence-corrected chi connectivity index (χ2v) is 9.18. The summed E-state index contributed by atoms with van der Waals surface area (Å²) in [5.74, 6) is 1.64. The molecule has 3 heterocycles. The Morgan fingerprint density at radius 3 is 2.74 bits per heavy atom. The zero-order valence-electron chi connectivity index (χ0n) is 19.9. The van der Waals surface area contributed by atoms with Crippen LogP contribution in [0.3, 0.4) is 0 Å². The number of aromatic nitrogens is 4. The number of aryl methyl sites for hydroxylation is 2. The van der Waals surface area contributed by atoms with Crippen LogP contribution in [0.2, 0.25) is 0 Å². The fraction of sp³-hybridized carbons (Fsp3) is 0.370. The molecule has 1 aliphatic heterocycles. The minimum absolute atomic E-state index is 0.247. The lowest BCUT2D eigenvalue weighted by molar-refractivity contribution is -0.132. The first-order valence-corrected chi connectivity index (χ1v) is 11.9. The maximum Gasteiger partial charge on any atom is 0.222 e. The monoisotopic (exact) mass is 457 g/mol. The van der Waals surface area contributed by atoms with Crippen LogP contribution in [-0.4, -0.2) is 50.3 Å². The van der Waals surface area contributed by atoms with E-state index in [1.165, 1.54) is 0 Å². The van der Waals surface area contributed by atoms with E-state index in [0.717, 1.165) is 72.4 Å². The third-order valence-electron chi connectivity index (χ3n) is 6.84. The quantitative estimate of drug-likeness (QED) is 0.415. The topological polar surface area (TPSA) is 65.2 Å². The Balaban J connectivity index is 1.15. The SMILES string of the molecule is COc1cccc(CCC(=O)N2CCC(Cn3cnc4cc(-c5cnn(C)c5)ccc43)CC2)c1. The summed E-state index contributed by atoms with van der Waals surface area (Å²) in [6, 6.07) is 14.4. The number of carbonyl (C=O) groups is 1. The van der Waals surface area contributed by atoms with Crippen LogP contribution in [0.5, 0.6) is 5.75 Å². The highest BCUT2D eigenvalue weighted by atomic mass is 16.5. The summed E-state index contributed by atoms with van der Waals surface area (Å²) >= 11 is 0. The fourth-order valence-electron chi connectivity index (χ4n) is 4.84. The molecule has 2 aromatic carbocycles. The van der Waals surface area contributed by atoms with Crippen LogP contribution in [0.4, 0.5) is 0 Å². The largest absolute Gasteiger partial charge is 0.497 e. The van der Waals surface area contributed by atoms with Crippen LogP contribution in [0, 0.1) is 5.92 Å². The van der Waals surface area contributed by atoms with E-state index >= 15 is 0 Å². The molecular weight excluding hydrogens is 426 g/mol. The number of likely N-dealkylation sites (tertiary alicyclic amines) is 1. The van der Waals surface area contributed by atoms with Crippen LogP contribution in [0.25, 0.3) is 22.2 Å². The third kappa shape index (κ3) is 4.83. The molecule has 2 aromatic heterocycles. The third-order valence-corrected chi connectivity index (χ3v) is 6.84. The average Bonchev–Trinajstić information content (AvgIpc) is 3.49. The first-order valence-electron chi connectivity index (χ1n) is 11.9. The number of ether oxygens (including phenoxy) is 1. The summed E-state index contributed by atoms with van der Waals surface area (Å²) in [7, 11) is 3.59. The van der Waals surface area contributed by atoms with Gasteiger partial charge in [0.2, 0.25) is 5.91 Å². The summed E-state index contributed by atoms with van der Waals surface area (Å²) in [6.07, 6.45) is 9.19. The van der Waals surface area contributed by atoms with Crippen molar-refractivity contribution in [2.45, 2.75) is 32.2 Å². The number of carbonyl (C=O) groups excluding carboxylic acids is 1. The zero-order chi connectivity index (χ0) is 23.5. The number of hydrogen-bond acceptors (Lipinski definition) is 4. The summed E-state index contributed by atoms with van der Waals surface area (Å²) in [4.78, 5) is 19.4. The molecule has 0 unspecified atom stereocenters. The predicted molar refractivity (Wildman–Crippen MR) is 133 cm³/mol. The Kier molecular flexibility index (Phi) is 6.34. The van der Waals surface area contributed by atoms with Gasteiger partial charge >= 0.3 is 0 Å². The molecule has 4 aromatic rings. The van der Waals surface area contributed by atoms with E-state index in [-0.39, 0.29) is 5.91 Å². The molecule has 7 heteroatoms. The molecule has 0 bridgehead atoms. The minimum Gasteiger partial charge on any atom is -0.497 e. The fourth-order valence-corrected chi connectivity index (χ4v) is 4.84. The second kappa shape index (κ2) is 9.71. The number of amides is 1. The molecule has 176 valence electrons. The summed E-state index contributed by atoms with van der Waals surface area (Å²) in [5, 5.41) is 4.27. The van der Waals surface area contributed by atoms with Gasteiger partial charge in [0.15, 0.2) is 0 Å². The van der Waals surface area contributed by atoms with Crippen molar-refractivity contribution in [3.8, 4) is 16.9 Å². The van der Waals surface area contributed by atoms with Crippen molar-refractivity contribution < 1.29 is 9.53 Å². The van der Waals surface area contributed by atoms with E-state index in [1.54, 1.807) is 7.11 Å². The van der Waals surface area contributed by atoms with Crippen LogP contribution in [0.15, 0.2) is 61.2 Å². The number of piperidine rings is 1. The molecule has 1 aliphatic rings. The van der Waals surface area contributed by atoms with E-state index in [4.69, 9.17) is 4.74 Å². The maximum atomic E-state index is 12.7. The van der Waals surface area contributed by atoms with Gasteiger partial charge in [-0.05, 0) is 60.6 Å². The Morgan fingerprint density at radius 2 is 1.97 bits per heavy atom. The van der Waals surface area contributed by atoms with Crippen LogP contribution in [-0.2, 0) is 24.8 Å². The average molecular weight is 458 g/mol. The standard InChI is InChI=1S/C27H31N5O2/c1-30-18-23(16-29-30)22-7-8-26-25(15-22)28-19-32(26)17-21-10-12-31(13-11-21)27(33)9-6-20-4-3-5-24(14-20)34-2/h3-5,7-8,14-16,18-19,21H,6,9-13,17H2,1-2H3. The second-order valence-electron chi connectivity index (χ2n) is 9.18. The summed E-state index contributed by atoms with van der Waals surface area (Å²) in [6.45, 7) is 2.60. The lowest BCUT2D eigenvalue weighted by Crippen LogP contribution is -2.39. The van der Waals surface area contributed by atoms with Crippen LogP contribution < -0.4 is 4.74 Å². The molecule has 34 heavy (non-hydrogen) atoms. The molecule has 5 rings (SSSR count). The van der Waals surface area contributed by atoms with Gasteiger partial charge in [0.25, 0.3) is 0 Å². The van der Waals surface area contributed by atoms with Crippen molar-refractivity contribution in [2.24, 2.45) is 13.0 Å². The van der Waals surface area contributed by atoms with Gasteiger partial charge in [0.05, 0.1) is 30.7 Å². The maximum absolute atomic E-state index is 12.7. The first-order chi connectivity index (χ1) is 16.6. The lowest BCUT2D eigenvalue weighted by atomic mass is 9.96. The van der Waals surface area contributed by atoms with Gasteiger partial charge < -0.3 is 14.2 Å². The normalized spacial score (nSPS) is 14.6. The Hall–Kier alpha value is -3.61. The van der Waals surface area contributed by atoms with Gasteiger partial charge in [-0.15, -0.1) is 0 Å². The molecule has 0 spiro atoms. The van der Waals surface area contributed by atoms with Gasteiger partial charge in [0.1, 0.15) is 5.75 Å². The molecular formula is C27H31N5O2. The van der Waals surface area contributed by atoms with Gasteiger partial charge in [-0.3, -0.25) is 9.48 Å². The number of imidazole rings is 1. The van der Waals surface area contributed by atoms with Crippen molar-refractivity contribution in [2.75, 3.05) is 20.2 Å². The Bertz CT molecular complexity index is 1280. The van der Waals surface area contributed by atoms with E-state index in [2.05, 4.69) is 38.9 Å². The smallest absolute Gasteiger partial charge is 0.222 e. The van der Waals surface area contributed by atoms with E-state index in [9.17, 15) is 4.79 Å². The Labute approximate surface area is 200 Å². The molecule has 0 radical (unpaired) electrons. The number of hydrogen-bond donors (Lipinski definition) is 0. The molecule has 1 saturated heterocycles. The van der Waals surface area contributed by atoms with E-state index in [0.29, 0.717) is 12.3 Å². The van der Waals surface area contributed by atoms with Gasteiger partial charge in [-0.25, -0.2) is 4.98 Å². The van der Waals surface area contributed by atoms with Crippen molar-refractivity contribution in [3.05, 3.63) is 66.7 Å². The summed E-state index contributed by atoms with van der Waals surface area (Å²) < 4.78 is 9.35. The predicted octanol–water partition coefficient (Wildman–Crippen LogP) is 4.32. The molecule has 0 saturated carbocycles. The minimum atomic E-state index is 0.247. The highest BCUT2D eigenvalue weighted by Gasteiger charge is 2.23. The van der Waals surface area contributed by atoms with Crippen molar-refractivity contribution >= 4 is 16.9 Å². The van der Waals surface area contributed by atoms with Crippen molar-refractivity contribution in [3.63, 3.8) is 0 Å². The van der Waals surface area contributed by atoms with Crippen LogP contribution >= 0.6 is 0 Å².